The number of methoxy groups -OCH3 is 1. The Morgan fingerprint density at radius 2 is 2.03 bits per heavy atom. The Balaban J connectivity index is 1.61. The van der Waals surface area contributed by atoms with Crippen molar-refractivity contribution in [3.63, 3.8) is 0 Å². The van der Waals surface area contributed by atoms with E-state index < -0.39 is 0 Å². The number of hydrogen-bond acceptors (Lipinski definition) is 5. The summed E-state index contributed by atoms with van der Waals surface area (Å²) in [6.45, 7) is 4.37. The van der Waals surface area contributed by atoms with Crippen LogP contribution in [0.2, 0.25) is 5.02 Å². The summed E-state index contributed by atoms with van der Waals surface area (Å²) in [4.78, 5) is 28.3. The molecule has 1 N–H and O–H groups in total. The Bertz CT molecular complexity index is 1160. The third-order valence-electron chi connectivity index (χ3n) is 5.80. The van der Waals surface area contributed by atoms with Crippen LogP contribution in [0.3, 0.4) is 0 Å². The van der Waals surface area contributed by atoms with Gasteiger partial charge in [0.2, 0.25) is 0 Å². The van der Waals surface area contributed by atoms with Crippen LogP contribution in [0, 0.1) is 0 Å². The summed E-state index contributed by atoms with van der Waals surface area (Å²) in [5.41, 5.74) is 1.94. The summed E-state index contributed by atoms with van der Waals surface area (Å²) >= 11 is 6.34. The Morgan fingerprint density at radius 3 is 2.75 bits per heavy atom. The summed E-state index contributed by atoms with van der Waals surface area (Å²) in [5.74, 6) is 0.640. The molecule has 7 nitrogen and oxygen atoms in total. The highest BCUT2D eigenvalue weighted by Gasteiger charge is 2.26. The van der Waals surface area contributed by atoms with Crippen molar-refractivity contribution in [2.45, 2.75) is 32.5 Å². The van der Waals surface area contributed by atoms with E-state index in [9.17, 15) is 9.59 Å². The number of fused-ring (bicyclic) bond motifs is 1. The summed E-state index contributed by atoms with van der Waals surface area (Å²) in [7, 11) is 1.47. The summed E-state index contributed by atoms with van der Waals surface area (Å²) in [6, 6.07) is 12.4. The fourth-order valence-electron chi connectivity index (χ4n) is 4.10. The van der Waals surface area contributed by atoms with Crippen LogP contribution in [0.25, 0.3) is 0 Å². The number of halogens is 1. The second-order valence-electron chi connectivity index (χ2n) is 7.85. The van der Waals surface area contributed by atoms with Crippen molar-refractivity contribution in [2.75, 3.05) is 20.2 Å². The molecule has 0 radical (unpaired) electrons. The number of hydrogen-bond donors (Lipinski definition) is 1. The van der Waals surface area contributed by atoms with Gasteiger partial charge in [0.05, 0.1) is 19.4 Å². The monoisotopic (exact) mass is 455 g/mol. The van der Waals surface area contributed by atoms with E-state index in [2.05, 4.69) is 10.2 Å². The standard InChI is InChI=1S/C24H26ClN3O4/c1-16(20-8-5-13-32-20)26-24(30)23-19-9-10-27(15-17-6-3-4-7-18(17)25)11-12-28(19)22(29)14-21(23)31-2/h3-8,13-14,16H,9-12,15H2,1-2H3,(H,26,30). The molecule has 32 heavy (non-hydrogen) atoms. The number of rotatable bonds is 6. The third-order valence-corrected chi connectivity index (χ3v) is 6.17. The highest BCUT2D eigenvalue weighted by atomic mass is 35.5. The molecule has 8 heteroatoms. The van der Waals surface area contributed by atoms with E-state index in [0.29, 0.717) is 49.6 Å². The molecule has 1 unspecified atom stereocenters. The molecule has 1 amide bonds. The molecule has 0 spiro atoms. The normalized spacial score (nSPS) is 15.0. The van der Waals surface area contributed by atoms with Crippen LogP contribution in [0.5, 0.6) is 5.75 Å². The number of nitrogens with one attached hydrogen (secondary N) is 1. The molecule has 4 rings (SSSR count). The number of pyridine rings is 1. The predicted octanol–water partition coefficient (Wildman–Crippen LogP) is 3.65. The minimum absolute atomic E-state index is 0.174. The summed E-state index contributed by atoms with van der Waals surface area (Å²) < 4.78 is 12.5. The molecule has 2 aromatic heterocycles. The zero-order chi connectivity index (χ0) is 22.7. The first-order chi connectivity index (χ1) is 15.5. The van der Waals surface area contributed by atoms with E-state index in [-0.39, 0.29) is 23.3 Å². The van der Waals surface area contributed by atoms with E-state index in [0.717, 1.165) is 10.6 Å². The summed E-state index contributed by atoms with van der Waals surface area (Å²) in [6.07, 6.45) is 2.11. The molecule has 3 heterocycles. The van der Waals surface area contributed by atoms with Gasteiger partial charge in [-0.1, -0.05) is 29.8 Å². The van der Waals surface area contributed by atoms with E-state index in [1.165, 1.54) is 13.2 Å². The number of amides is 1. The topological polar surface area (TPSA) is 76.7 Å². The van der Waals surface area contributed by atoms with E-state index >= 15 is 0 Å². The van der Waals surface area contributed by atoms with Crippen LogP contribution in [0.1, 0.15) is 40.3 Å². The van der Waals surface area contributed by atoms with Crippen LogP contribution in [-0.4, -0.2) is 35.6 Å². The van der Waals surface area contributed by atoms with Gasteiger partial charge in [0, 0.05) is 49.4 Å². The molecule has 0 fully saturated rings. The van der Waals surface area contributed by atoms with Gasteiger partial charge in [0.25, 0.3) is 11.5 Å². The molecule has 0 saturated carbocycles. The van der Waals surface area contributed by atoms with Gasteiger partial charge in [-0.3, -0.25) is 14.5 Å². The molecule has 0 aliphatic carbocycles. The molecular formula is C24H26ClN3O4. The fourth-order valence-corrected chi connectivity index (χ4v) is 4.30. The average Bonchev–Trinajstić information content (AvgIpc) is 3.24. The minimum Gasteiger partial charge on any atom is -0.496 e. The number of furan rings is 1. The number of benzene rings is 1. The summed E-state index contributed by atoms with van der Waals surface area (Å²) in [5, 5.41) is 3.68. The SMILES string of the molecule is COc1cc(=O)n2c(c1C(=O)NC(C)c1ccco1)CCN(Cc1ccccc1Cl)CC2. The van der Waals surface area contributed by atoms with E-state index in [1.807, 2.05) is 37.3 Å². The third kappa shape index (κ3) is 4.59. The Kier molecular flexibility index (Phi) is 6.67. The predicted molar refractivity (Wildman–Crippen MR) is 122 cm³/mol. The van der Waals surface area contributed by atoms with Crippen molar-refractivity contribution in [3.8, 4) is 5.75 Å². The van der Waals surface area contributed by atoms with Gasteiger partial charge in [-0.25, -0.2) is 0 Å². The highest BCUT2D eigenvalue weighted by Crippen LogP contribution is 2.25. The smallest absolute Gasteiger partial charge is 0.257 e. The van der Waals surface area contributed by atoms with Crippen LogP contribution in [0.4, 0.5) is 0 Å². The van der Waals surface area contributed by atoms with Crippen LogP contribution >= 0.6 is 11.6 Å². The molecule has 168 valence electrons. The Labute approximate surface area is 191 Å². The molecule has 0 bridgehead atoms. The van der Waals surface area contributed by atoms with Gasteiger partial charge in [0.15, 0.2) is 0 Å². The van der Waals surface area contributed by atoms with Gasteiger partial charge >= 0.3 is 0 Å². The molecule has 1 atom stereocenters. The number of nitrogens with zero attached hydrogens (tertiary/aromatic N) is 2. The van der Waals surface area contributed by atoms with Crippen molar-refractivity contribution in [1.29, 1.82) is 0 Å². The first-order valence-electron chi connectivity index (χ1n) is 10.6. The van der Waals surface area contributed by atoms with Gasteiger partial charge in [0.1, 0.15) is 17.1 Å². The lowest BCUT2D eigenvalue weighted by atomic mass is 10.1. The minimum atomic E-state index is -0.322. The molecule has 1 aliphatic rings. The molecular weight excluding hydrogens is 430 g/mol. The lowest BCUT2D eigenvalue weighted by Gasteiger charge is -2.20. The largest absolute Gasteiger partial charge is 0.496 e. The van der Waals surface area contributed by atoms with Crippen molar-refractivity contribution >= 4 is 17.5 Å². The van der Waals surface area contributed by atoms with Crippen LogP contribution in [0.15, 0.2) is 57.9 Å². The Morgan fingerprint density at radius 1 is 1.22 bits per heavy atom. The number of aromatic nitrogens is 1. The second-order valence-corrected chi connectivity index (χ2v) is 8.26. The molecule has 1 aromatic carbocycles. The molecule has 1 aliphatic heterocycles. The lowest BCUT2D eigenvalue weighted by molar-refractivity contribution is 0.0930. The van der Waals surface area contributed by atoms with Crippen molar-refractivity contribution in [3.05, 3.63) is 86.7 Å². The fraction of sp³-hybridized carbons (Fsp3) is 0.333. The Hall–Kier alpha value is -3.03. The van der Waals surface area contributed by atoms with Gasteiger partial charge < -0.3 is 19.0 Å². The second kappa shape index (κ2) is 9.63. The lowest BCUT2D eigenvalue weighted by Crippen LogP contribution is -2.32. The highest BCUT2D eigenvalue weighted by molar-refractivity contribution is 6.31. The van der Waals surface area contributed by atoms with Crippen molar-refractivity contribution in [2.24, 2.45) is 0 Å². The average molecular weight is 456 g/mol. The molecule has 3 aromatic rings. The number of carbonyl (C=O) groups is 1. The maximum absolute atomic E-state index is 13.3. The maximum atomic E-state index is 13.3. The zero-order valence-electron chi connectivity index (χ0n) is 18.1. The van der Waals surface area contributed by atoms with Crippen LogP contribution in [-0.2, 0) is 19.5 Å². The van der Waals surface area contributed by atoms with Gasteiger partial charge in [-0.2, -0.15) is 0 Å². The number of carbonyl (C=O) groups excluding carboxylic acids is 1. The van der Waals surface area contributed by atoms with E-state index in [1.54, 1.807) is 16.9 Å². The van der Waals surface area contributed by atoms with Crippen molar-refractivity contribution < 1.29 is 13.9 Å². The van der Waals surface area contributed by atoms with Crippen LogP contribution < -0.4 is 15.6 Å². The first-order valence-corrected chi connectivity index (χ1v) is 11.0. The maximum Gasteiger partial charge on any atom is 0.257 e. The first kappa shape index (κ1) is 22.2. The van der Waals surface area contributed by atoms with Gasteiger partial charge in [-0.15, -0.1) is 0 Å². The number of ether oxygens (including phenoxy) is 1. The van der Waals surface area contributed by atoms with Crippen molar-refractivity contribution in [1.82, 2.24) is 14.8 Å². The quantitative estimate of drug-likeness (QED) is 0.614. The zero-order valence-corrected chi connectivity index (χ0v) is 18.9. The molecule has 0 saturated heterocycles. The van der Waals surface area contributed by atoms with Gasteiger partial charge in [-0.05, 0) is 30.7 Å². The van der Waals surface area contributed by atoms with E-state index in [4.69, 9.17) is 20.8 Å².